The zero-order valence-corrected chi connectivity index (χ0v) is 6.37. The van der Waals surface area contributed by atoms with E-state index in [1.807, 2.05) is 6.92 Å². The molecule has 1 aromatic heterocycles. The first-order chi connectivity index (χ1) is 4.74. The van der Waals surface area contributed by atoms with Gasteiger partial charge in [-0.1, -0.05) is 12.2 Å². The minimum Gasteiger partial charge on any atom is -0.350 e. The van der Waals surface area contributed by atoms with E-state index < -0.39 is 0 Å². The van der Waals surface area contributed by atoms with Crippen molar-refractivity contribution in [3.8, 4) is 0 Å². The first-order valence-corrected chi connectivity index (χ1v) is 3.30. The third kappa shape index (κ3) is 1.30. The topological polar surface area (TPSA) is 32.9 Å². The highest BCUT2D eigenvalue weighted by molar-refractivity contribution is 7.71. The molecule has 0 saturated carbocycles. The van der Waals surface area contributed by atoms with E-state index in [2.05, 4.69) is 4.98 Å². The fourth-order valence-corrected chi connectivity index (χ4v) is 0.938. The van der Waals surface area contributed by atoms with E-state index >= 15 is 0 Å². The minimum absolute atomic E-state index is 0.656. The summed E-state index contributed by atoms with van der Waals surface area (Å²) in [6.45, 7) is 1.82. The molecule has 1 N–H and O–H groups in total. The highest BCUT2D eigenvalue weighted by Crippen LogP contribution is 1.99. The number of aromatic amines is 1. The predicted molar refractivity (Wildman–Crippen MR) is 41.8 cm³/mol. The summed E-state index contributed by atoms with van der Waals surface area (Å²) in [4.78, 5) is 13.2. The maximum Gasteiger partial charge on any atom is 0.151 e. The van der Waals surface area contributed by atoms with E-state index in [-0.39, 0.29) is 0 Å². The zero-order chi connectivity index (χ0) is 7.56. The van der Waals surface area contributed by atoms with Crippen LogP contribution in [0.4, 0.5) is 0 Å². The predicted octanol–water partition coefficient (Wildman–Crippen LogP) is 1.87. The molecule has 0 unspecified atom stereocenters. The second kappa shape index (κ2) is 2.75. The van der Waals surface area contributed by atoms with Crippen molar-refractivity contribution in [2.24, 2.45) is 0 Å². The van der Waals surface area contributed by atoms with Crippen LogP contribution in [0, 0.1) is 11.6 Å². The summed E-state index contributed by atoms with van der Waals surface area (Å²) in [5.41, 5.74) is 1.48. The summed E-state index contributed by atoms with van der Waals surface area (Å²) in [7, 11) is 0. The lowest BCUT2D eigenvalue weighted by Gasteiger charge is -1.94. The Labute approximate surface area is 63.9 Å². The Morgan fingerprint density at radius 2 is 2.30 bits per heavy atom. The molecule has 3 heteroatoms. The summed E-state index contributed by atoms with van der Waals surface area (Å²) in [5.74, 6) is 0. The normalized spacial score (nSPS) is 9.30. The van der Waals surface area contributed by atoms with Gasteiger partial charge in [0, 0.05) is 11.3 Å². The lowest BCUT2D eigenvalue weighted by atomic mass is 10.2. The van der Waals surface area contributed by atoms with E-state index in [1.54, 1.807) is 12.1 Å². The van der Waals surface area contributed by atoms with Gasteiger partial charge in [-0.15, -0.1) is 0 Å². The number of carbonyl (C=O) groups excluding carboxylic acids is 1. The van der Waals surface area contributed by atoms with Crippen LogP contribution in [0.25, 0.3) is 0 Å². The van der Waals surface area contributed by atoms with Gasteiger partial charge in [0.05, 0.1) is 0 Å². The van der Waals surface area contributed by atoms with Crippen LogP contribution in [0.2, 0.25) is 0 Å². The van der Waals surface area contributed by atoms with E-state index in [1.165, 1.54) is 0 Å². The molecular formula is C7H7NOS. The van der Waals surface area contributed by atoms with Gasteiger partial charge in [-0.05, 0) is 19.1 Å². The van der Waals surface area contributed by atoms with Crippen LogP contribution in [0.15, 0.2) is 12.1 Å². The largest absolute Gasteiger partial charge is 0.350 e. The van der Waals surface area contributed by atoms with Crippen LogP contribution in [-0.2, 0) is 0 Å². The van der Waals surface area contributed by atoms with Crippen molar-refractivity contribution < 1.29 is 4.79 Å². The van der Waals surface area contributed by atoms with E-state index in [0.29, 0.717) is 10.2 Å². The van der Waals surface area contributed by atoms with Gasteiger partial charge in [-0.3, -0.25) is 4.79 Å². The number of rotatable bonds is 1. The van der Waals surface area contributed by atoms with Crippen molar-refractivity contribution >= 4 is 18.5 Å². The second-order valence-corrected chi connectivity index (χ2v) is 2.46. The molecular weight excluding hydrogens is 146 g/mol. The Morgan fingerprint density at radius 3 is 2.80 bits per heavy atom. The molecule has 0 radical (unpaired) electrons. The summed E-state index contributed by atoms with van der Waals surface area (Å²) in [5, 5.41) is 0. The molecule has 0 bridgehead atoms. The summed E-state index contributed by atoms with van der Waals surface area (Å²) >= 11 is 4.84. The molecule has 0 aliphatic heterocycles. The maximum absolute atomic E-state index is 10.3. The molecule has 0 spiro atoms. The van der Waals surface area contributed by atoms with Crippen molar-refractivity contribution in [1.29, 1.82) is 0 Å². The number of H-pyrrole nitrogens is 1. The fraction of sp³-hybridized carbons (Fsp3) is 0.143. The summed E-state index contributed by atoms with van der Waals surface area (Å²) < 4.78 is 0.656. The maximum atomic E-state index is 10.3. The van der Waals surface area contributed by atoms with Gasteiger partial charge < -0.3 is 4.98 Å². The molecule has 0 aliphatic rings. The van der Waals surface area contributed by atoms with Gasteiger partial charge in [0.25, 0.3) is 0 Å². The number of aryl methyl sites for hydroxylation is 1. The highest BCUT2D eigenvalue weighted by Gasteiger charge is 1.92. The van der Waals surface area contributed by atoms with E-state index in [4.69, 9.17) is 12.2 Å². The van der Waals surface area contributed by atoms with Gasteiger partial charge in [0.15, 0.2) is 6.29 Å². The van der Waals surface area contributed by atoms with Crippen LogP contribution >= 0.6 is 12.2 Å². The molecule has 10 heavy (non-hydrogen) atoms. The Balaban J connectivity index is 3.32. The number of pyridine rings is 1. The lowest BCUT2D eigenvalue weighted by Crippen LogP contribution is -1.89. The third-order valence-electron chi connectivity index (χ3n) is 1.28. The van der Waals surface area contributed by atoms with Crippen LogP contribution in [0.3, 0.4) is 0 Å². The average Bonchev–Trinajstić information content (AvgIpc) is 1.88. The quantitative estimate of drug-likeness (QED) is 0.493. The lowest BCUT2D eigenvalue weighted by molar-refractivity contribution is 0.112. The van der Waals surface area contributed by atoms with Gasteiger partial charge >= 0.3 is 0 Å². The summed E-state index contributed by atoms with van der Waals surface area (Å²) in [6.07, 6.45) is 0.806. The molecule has 0 amide bonds. The molecule has 1 rings (SSSR count). The fourth-order valence-electron chi connectivity index (χ4n) is 0.717. The van der Waals surface area contributed by atoms with Gasteiger partial charge in [-0.25, -0.2) is 0 Å². The average molecular weight is 153 g/mol. The molecule has 0 aliphatic carbocycles. The number of hydrogen-bond acceptors (Lipinski definition) is 2. The van der Waals surface area contributed by atoms with Crippen LogP contribution in [-0.4, -0.2) is 11.3 Å². The van der Waals surface area contributed by atoms with Crippen LogP contribution < -0.4 is 0 Å². The number of nitrogens with one attached hydrogen (secondary N) is 1. The van der Waals surface area contributed by atoms with Crippen molar-refractivity contribution in [3.05, 3.63) is 28.0 Å². The van der Waals surface area contributed by atoms with E-state index in [9.17, 15) is 4.79 Å². The van der Waals surface area contributed by atoms with Crippen molar-refractivity contribution in [3.63, 3.8) is 0 Å². The molecule has 1 heterocycles. The molecule has 0 saturated heterocycles. The standard InChI is InChI=1S/C7H7NOS/c1-5-6(4-9)2-3-7(10)8-5/h2-4H,1H3,(H,8,10). The van der Waals surface area contributed by atoms with Crippen molar-refractivity contribution in [2.45, 2.75) is 6.92 Å². The Bertz CT molecular complexity index is 303. The molecule has 52 valence electrons. The van der Waals surface area contributed by atoms with Gasteiger partial charge in [0.1, 0.15) is 4.64 Å². The van der Waals surface area contributed by atoms with Gasteiger partial charge in [0.2, 0.25) is 0 Å². The number of carbonyl (C=O) groups is 1. The van der Waals surface area contributed by atoms with E-state index in [0.717, 1.165) is 12.0 Å². The van der Waals surface area contributed by atoms with Gasteiger partial charge in [-0.2, -0.15) is 0 Å². The SMILES string of the molecule is Cc1[nH]c(=S)ccc1C=O. The smallest absolute Gasteiger partial charge is 0.151 e. The zero-order valence-electron chi connectivity index (χ0n) is 5.55. The first-order valence-electron chi connectivity index (χ1n) is 2.89. The van der Waals surface area contributed by atoms with Crippen molar-refractivity contribution in [2.75, 3.05) is 0 Å². The molecule has 0 atom stereocenters. The second-order valence-electron chi connectivity index (χ2n) is 2.02. The van der Waals surface area contributed by atoms with Crippen LogP contribution in [0.5, 0.6) is 0 Å². The minimum atomic E-state index is 0.656. The molecule has 0 fully saturated rings. The number of aromatic nitrogens is 1. The first kappa shape index (κ1) is 7.15. The van der Waals surface area contributed by atoms with Crippen molar-refractivity contribution in [1.82, 2.24) is 4.98 Å². The molecule has 1 aromatic rings. The Hall–Kier alpha value is -0.960. The Morgan fingerprint density at radius 1 is 1.60 bits per heavy atom. The third-order valence-corrected chi connectivity index (χ3v) is 1.52. The number of aldehydes is 1. The summed E-state index contributed by atoms with van der Waals surface area (Å²) in [6, 6.07) is 3.41. The monoisotopic (exact) mass is 153 g/mol. The number of hydrogen-bond donors (Lipinski definition) is 1. The Kier molecular flexibility index (Phi) is 1.97. The highest BCUT2D eigenvalue weighted by atomic mass is 32.1. The molecule has 0 aromatic carbocycles. The molecule has 2 nitrogen and oxygen atoms in total. The van der Waals surface area contributed by atoms with Crippen LogP contribution in [0.1, 0.15) is 16.1 Å².